The highest BCUT2D eigenvalue weighted by molar-refractivity contribution is 5.93. The molecular formula is C19H28N4O5. The molecule has 4 amide bonds. The summed E-state index contributed by atoms with van der Waals surface area (Å²) in [6.45, 7) is -0.660. The quantitative estimate of drug-likeness (QED) is 0.405. The van der Waals surface area contributed by atoms with Crippen molar-refractivity contribution in [3.05, 3.63) is 12.2 Å². The molecule has 154 valence electrons. The van der Waals surface area contributed by atoms with E-state index in [4.69, 9.17) is 0 Å². The average molecular weight is 392 g/mol. The summed E-state index contributed by atoms with van der Waals surface area (Å²) >= 11 is 0. The second-order valence-electron chi connectivity index (χ2n) is 7.16. The molecule has 2 unspecified atom stereocenters. The molecule has 9 nitrogen and oxygen atoms in total. The molecule has 1 fully saturated rings. The number of allylic oxidation sites excluding steroid dienone is 2. The predicted octanol–water partition coefficient (Wildman–Crippen LogP) is -0.681. The van der Waals surface area contributed by atoms with Crippen LogP contribution in [0.4, 0.5) is 0 Å². The van der Waals surface area contributed by atoms with Crippen LogP contribution in [0.1, 0.15) is 44.9 Å². The Labute approximate surface area is 164 Å². The minimum absolute atomic E-state index is 0.0768. The Balaban J connectivity index is 2.23. The molecule has 2 aliphatic rings. The summed E-state index contributed by atoms with van der Waals surface area (Å²) in [6, 6.07) is -0.778. The normalized spacial score (nSPS) is 26.5. The Hall–Kier alpha value is -2.71. The average Bonchev–Trinajstić information content (AvgIpc) is 2.66. The van der Waals surface area contributed by atoms with E-state index in [-0.39, 0.29) is 50.1 Å². The number of Topliss-reactive ketones (excluding diaryl/α,β-unsaturated/α-hetero) is 1. The first kappa shape index (κ1) is 21.6. The van der Waals surface area contributed by atoms with Gasteiger partial charge >= 0.3 is 0 Å². The Kier molecular flexibility index (Phi) is 8.64. The number of carbonyl (C=O) groups is 5. The summed E-state index contributed by atoms with van der Waals surface area (Å²) < 4.78 is 0. The zero-order valence-corrected chi connectivity index (χ0v) is 15.9. The second-order valence-corrected chi connectivity index (χ2v) is 7.16. The molecule has 0 spiro atoms. The van der Waals surface area contributed by atoms with Gasteiger partial charge in [0.25, 0.3) is 0 Å². The number of fused-ring (bicyclic) bond motifs is 7. The predicted molar refractivity (Wildman–Crippen MR) is 101 cm³/mol. The number of hydrogen-bond donors (Lipinski definition) is 4. The van der Waals surface area contributed by atoms with Crippen LogP contribution >= 0.6 is 0 Å². The third-order valence-corrected chi connectivity index (χ3v) is 4.71. The standard InChI is InChI=1S/C19H28N4O5/c24-14-8-13-6-4-2-1-3-5-7-15(19(28)22-11-17(26)20-10-14)23-18(27)12-21-16(25)9-13/h4,6,13,15H,1-3,5,7-12H2,(H,20,26)(H,21,25)(H,22,28)(H,23,27). The van der Waals surface area contributed by atoms with Gasteiger partial charge in [0.1, 0.15) is 6.04 Å². The molecule has 2 aliphatic heterocycles. The number of carbonyl (C=O) groups excluding carboxylic acids is 5. The van der Waals surface area contributed by atoms with Gasteiger partial charge in [-0.15, -0.1) is 0 Å². The minimum atomic E-state index is -0.778. The lowest BCUT2D eigenvalue weighted by Crippen LogP contribution is -2.51. The molecule has 2 bridgehead atoms. The van der Waals surface area contributed by atoms with Crippen molar-refractivity contribution in [2.75, 3.05) is 19.6 Å². The van der Waals surface area contributed by atoms with Crippen molar-refractivity contribution in [1.82, 2.24) is 21.3 Å². The van der Waals surface area contributed by atoms with Crippen molar-refractivity contribution in [2.45, 2.75) is 51.0 Å². The van der Waals surface area contributed by atoms with Crippen LogP contribution in [0.3, 0.4) is 0 Å². The summed E-state index contributed by atoms with van der Waals surface area (Å²) in [7, 11) is 0. The molecule has 0 aromatic rings. The van der Waals surface area contributed by atoms with Gasteiger partial charge in [-0.25, -0.2) is 0 Å². The molecule has 9 heteroatoms. The maximum Gasteiger partial charge on any atom is 0.243 e. The fourth-order valence-electron chi connectivity index (χ4n) is 3.20. The Morgan fingerprint density at radius 2 is 1.50 bits per heavy atom. The largest absolute Gasteiger partial charge is 0.347 e. The zero-order chi connectivity index (χ0) is 20.4. The third kappa shape index (κ3) is 7.89. The second kappa shape index (κ2) is 11.2. The van der Waals surface area contributed by atoms with E-state index in [0.717, 1.165) is 25.7 Å². The maximum atomic E-state index is 12.4. The molecule has 2 atom stereocenters. The summed E-state index contributed by atoms with van der Waals surface area (Å²) in [6.07, 6.45) is 7.81. The molecule has 0 radical (unpaired) electrons. The minimum Gasteiger partial charge on any atom is -0.347 e. The highest BCUT2D eigenvalue weighted by atomic mass is 16.2. The fraction of sp³-hybridized carbons (Fsp3) is 0.632. The van der Waals surface area contributed by atoms with Crippen LogP contribution in [-0.4, -0.2) is 55.1 Å². The van der Waals surface area contributed by atoms with E-state index in [1.54, 1.807) is 0 Å². The first-order valence-electron chi connectivity index (χ1n) is 9.73. The number of rotatable bonds is 0. The topological polar surface area (TPSA) is 133 Å². The first-order valence-corrected chi connectivity index (χ1v) is 9.73. The highest BCUT2D eigenvalue weighted by Crippen LogP contribution is 2.14. The number of nitrogens with one attached hydrogen (secondary N) is 4. The smallest absolute Gasteiger partial charge is 0.243 e. The van der Waals surface area contributed by atoms with E-state index in [9.17, 15) is 24.0 Å². The van der Waals surface area contributed by atoms with Crippen LogP contribution < -0.4 is 21.3 Å². The van der Waals surface area contributed by atoms with E-state index >= 15 is 0 Å². The van der Waals surface area contributed by atoms with Crippen LogP contribution in [0, 0.1) is 5.92 Å². The molecule has 1 saturated heterocycles. The van der Waals surface area contributed by atoms with Crippen LogP contribution in [0.15, 0.2) is 12.2 Å². The molecule has 2 rings (SSSR count). The van der Waals surface area contributed by atoms with Crippen molar-refractivity contribution >= 4 is 29.4 Å². The van der Waals surface area contributed by atoms with Gasteiger partial charge in [-0.1, -0.05) is 25.0 Å². The van der Waals surface area contributed by atoms with Crippen molar-refractivity contribution in [2.24, 2.45) is 5.92 Å². The molecule has 2 heterocycles. The van der Waals surface area contributed by atoms with Crippen molar-refractivity contribution in [3.63, 3.8) is 0 Å². The summed E-state index contributed by atoms with van der Waals surface area (Å²) in [5.41, 5.74) is 0. The van der Waals surface area contributed by atoms with E-state index in [2.05, 4.69) is 21.3 Å². The lowest BCUT2D eigenvalue weighted by molar-refractivity contribution is -0.131. The molecule has 0 aromatic heterocycles. The SMILES string of the molecule is O=C1CNC(=O)CNC(=O)C2CCCCCC=CC(C1)CC(=O)NCC(=O)N2. The van der Waals surface area contributed by atoms with E-state index in [1.165, 1.54) is 0 Å². The lowest BCUT2D eigenvalue weighted by Gasteiger charge is -2.19. The van der Waals surface area contributed by atoms with Crippen LogP contribution in [-0.2, 0) is 24.0 Å². The highest BCUT2D eigenvalue weighted by Gasteiger charge is 2.23. The number of hydrogen-bond acceptors (Lipinski definition) is 5. The van der Waals surface area contributed by atoms with Crippen molar-refractivity contribution in [3.8, 4) is 0 Å². The number of ketones is 1. The molecule has 28 heavy (non-hydrogen) atoms. The summed E-state index contributed by atoms with van der Waals surface area (Å²) in [5.74, 6) is -2.25. The van der Waals surface area contributed by atoms with Gasteiger partial charge in [0.05, 0.1) is 19.6 Å². The maximum absolute atomic E-state index is 12.4. The van der Waals surface area contributed by atoms with Crippen LogP contribution in [0.5, 0.6) is 0 Å². The summed E-state index contributed by atoms with van der Waals surface area (Å²) in [4.78, 5) is 60.7. The first-order chi connectivity index (χ1) is 13.4. The van der Waals surface area contributed by atoms with Gasteiger partial charge in [-0.2, -0.15) is 0 Å². The van der Waals surface area contributed by atoms with Gasteiger partial charge in [-0.05, 0) is 25.2 Å². The lowest BCUT2D eigenvalue weighted by atomic mass is 9.96. The molecule has 0 aliphatic carbocycles. The van der Waals surface area contributed by atoms with Crippen LogP contribution in [0.25, 0.3) is 0 Å². The van der Waals surface area contributed by atoms with Gasteiger partial charge in [0.15, 0.2) is 5.78 Å². The van der Waals surface area contributed by atoms with E-state index < -0.39 is 23.8 Å². The fourth-order valence-corrected chi connectivity index (χ4v) is 3.20. The van der Waals surface area contributed by atoms with Gasteiger partial charge in [0, 0.05) is 12.8 Å². The third-order valence-electron chi connectivity index (χ3n) is 4.71. The van der Waals surface area contributed by atoms with E-state index in [1.807, 2.05) is 12.2 Å². The molecule has 0 aromatic carbocycles. The molecule has 4 N–H and O–H groups in total. The van der Waals surface area contributed by atoms with Crippen LogP contribution in [0.2, 0.25) is 0 Å². The Morgan fingerprint density at radius 1 is 0.750 bits per heavy atom. The van der Waals surface area contributed by atoms with Gasteiger partial charge < -0.3 is 21.3 Å². The molecule has 0 saturated carbocycles. The Morgan fingerprint density at radius 3 is 2.32 bits per heavy atom. The Bertz CT molecular complexity index is 646. The van der Waals surface area contributed by atoms with Gasteiger partial charge in [-0.3, -0.25) is 24.0 Å². The molecular weight excluding hydrogens is 364 g/mol. The zero-order valence-electron chi connectivity index (χ0n) is 15.9. The monoisotopic (exact) mass is 392 g/mol. The number of amides is 4. The van der Waals surface area contributed by atoms with E-state index in [0.29, 0.717) is 6.42 Å². The van der Waals surface area contributed by atoms with Crippen molar-refractivity contribution in [1.29, 1.82) is 0 Å². The van der Waals surface area contributed by atoms with Gasteiger partial charge in [0.2, 0.25) is 23.6 Å². The van der Waals surface area contributed by atoms with Crippen molar-refractivity contribution < 1.29 is 24.0 Å². The summed E-state index contributed by atoms with van der Waals surface area (Å²) in [5, 5.41) is 10.1.